The summed E-state index contributed by atoms with van der Waals surface area (Å²) in [6.07, 6.45) is -0.330. The second kappa shape index (κ2) is 16.6. The van der Waals surface area contributed by atoms with Gasteiger partial charge < -0.3 is 29.7 Å². The van der Waals surface area contributed by atoms with Crippen LogP contribution in [0.25, 0.3) is 0 Å². The van der Waals surface area contributed by atoms with Gasteiger partial charge in [-0.15, -0.1) is 0 Å². The van der Waals surface area contributed by atoms with E-state index in [4.69, 9.17) is 14.2 Å². The molecule has 3 amide bonds. The van der Waals surface area contributed by atoms with Crippen molar-refractivity contribution in [3.05, 3.63) is 120 Å². The fourth-order valence-corrected chi connectivity index (χ4v) is 5.44. The molecule has 48 heavy (non-hydrogen) atoms. The van der Waals surface area contributed by atoms with Gasteiger partial charge in [0.05, 0.1) is 12.1 Å². The Bertz CT molecular complexity index is 1520. The molecule has 3 aromatic rings. The zero-order valence-corrected chi connectivity index (χ0v) is 28.2. The average Bonchev–Trinajstić information content (AvgIpc) is 3.06. The molecular weight excluding hydrogens is 610 g/mol. The summed E-state index contributed by atoms with van der Waals surface area (Å²) in [5.74, 6) is -2.00. The Morgan fingerprint density at radius 3 is 1.92 bits per heavy atom. The summed E-state index contributed by atoms with van der Waals surface area (Å²) in [7, 11) is 0. The van der Waals surface area contributed by atoms with Gasteiger partial charge >= 0.3 is 12.1 Å². The normalized spacial score (nSPS) is 17.4. The van der Waals surface area contributed by atoms with Gasteiger partial charge in [-0.25, -0.2) is 9.59 Å². The van der Waals surface area contributed by atoms with Crippen molar-refractivity contribution < 1.29 is 33.4 Å². The van der Waals surface area contributed by atoms with Crippen LogP contribution in [-0.4, -0.2) is 65.7 Å². The molecule has 0 saturated carbocycles. The molecule has 4 rings (SSSR count). The molecule has 0 fully saturated rings. The van der Waals surface area contributed by atoms with Crippen LogP contribution in [0.4, 0.5) is 4.79 Å². The van der Waals surface area contributed by atoms with Crippen molar-refractivity contribution in [1.29, 1.82) is 0 Å². The predicted molar refractivity (Wildman–Crippen MR) is 182 cm³/mol. The van der Waals surface area contributed by atoms with Crippen LogP contribution in [0.15, 0.2) is 103 Å². The molecule has 10 nitrogen and oxygen atoms in total. The van der Waals surface area contributed by atoms with E-state index in [2.05, 4.69) is 10.6 Å². The molecule has 0 bridgehead atoms. The molecule has 1 heterocycles. The van der Waals surface area contributed by atoms with Crippen molar-refractivity contribution in [2.24, 2.45) is 0 Å². The smallest absolute Gasteiger partial charge is 0.408 e. The van der Waals surface area contributed by atoms with Gasteiger partial charge in [0.25, 0.3) is 5.91 Å². The van der Waals surface area contributed by atoms with Gasteiger partial charge in [0.15, 0.2) is 12.2 Å². The maximum absolute atomic E-state index is 14.3. The largest absolute Gasteiger partial charge is 0.471 e. The van der Waals surface area contributed by atoms with E-state index in [9.17, 15) is 19.2 Å². The highest BCUT2D eigenvalue weighted by molar-refractivity contribution is 5.90. The maximum atomic E-state index is 14.3. The van der Waals surface area contributed by atoms with E-state index in [1.54, 1.807) is 25.7 Å². The minimum atomic E-state index is -1.37. The zero-order chi connectivity index (χ0) is 34.7. The molecule has 0 radical (unpaired) electrons. The van der Waals surface area contributed by atoms with Crippen molar-refractivity contribution in [2.75, 3.05) is 13.1 Å². The highest BCUT2D eigenvalue weighted by Crippen LogP contribution is 2.29. The van der Waals surface area contributed by atoms with Crippen LogP contribution in [0.2, 0.25) is 0 Å². The Morgan fingerprint density at radius 1 is 0.833 bits per heavy atom. The first-order valence-electron chi connectivity index (χ1n) is 16.2. The second-order valence-electron chi connectivity index (χ2n) is 12.6. The quantitative estimate of drug-likeness (QED) is 0.248. The monoisotopic (exact) mass is 655 g/mol. The fourth-order valence-electron chi connectivity index (χ4n) is 5.44. The number of esters is 1. The molecular formula is C38H45N3O7. The van der Waals surface area contributed by atoms with Gasteiger partial charge in [-0.05, 0) is 56.4 Å². The topological polar surface area (TPSA) is 123 Å². The third kappa shape index (κ3) is 10.2. The Hall–Kier alpha value is -5.12. The maximum Gasteiger partial charge on any atom is 0.408 e. The number of amides is 3. The summed E-state index contributed by atoms with van der Waals surface area (Å²) in [6.45, 7) is 9.21. The number of benzene rings is 3. The first-order chi connectivity index (χ1) is 22.9. The number of nitrogens with one attached hydrogen (secondary N) is 2. The molecule has 10 heteroatoms. The number of nitrogens with zero attached hydrogens (tertiary/aromatic N) is 1. The molecule has 0 saturated heterocycles. The van der Waals surface area contributed by atoms with Gasteiger partial charge in [-0.3, -0.25) is 9.59 Å². The van der Waals surface area contributed by atoms with E-state index in [1.807, 2.05) is 97.9 Å². The summed E-state index contributed by atoms with van der Waals surface area (Å²) in [4.78, 5) is 55.4. The van der Waals surface area contributed by atoms with Crippen LogP contribution in [-0.2, 0) is 35.0 Å². The van der Waals surface area contributed by atoms with Gasteiger partial charge in [-0.2, -0.15) is 0 Å². The standard InChI is InChI=1S/C38H45N3O7/c1-6-23-41(24-22-27-16-10-7-11-17-27)35(43)34-32(39-26(2)42)30(40-37(45)48-38(3,4)5)25-31(46-34)36(44)47-33(28-18-12-8-13-19-28)29-20-14-9-15-21-29/h7-21,25,30,32-34H,6,22-24H2,1-5H3,(H,39,42)(H,40,45)/t30-,32+,34+/m0/s1. The molecule has 1 aliphatic heterocycles. The van der Waals surface area contributed by atoms with Crippen molar-refractivity contribution in [2.45, 2.75) is 77.4 Å². The van der Waals surface area contributed by atoms with Gasteiger partial charge in [0, 0.05) is 20.0 Å². The fraction of sp³-hybridized carbons (Fsp3) is 0.368. The lowest BCUT2D eigenvalue weighted by molar-refractivity contribution is -0.154. The van der Waals surface area contributed by atoms with Gasteiger partial charge in [-0.1, -0.05) is 97.9 Å². The van der Waals surface area contributed by atoms with Crippen molar-refractivity contribution in [1.82, 2.24) is 15.5 Å². The molecule has 0 unspecified atom stereocenters. The van der Waals surface area contributed by atoms with Crippen LogP contribution >= 0.6 is 0 Å². The summed E-state index contributed by atoms with van der Waals surface area (Å²) in [6, 6.07) is 26.2. The molecule has 1 aliphatic rings. The van der Waals surface area contributed by atoms with E-state index in [-0.39, 0.29) is 5.76 Å². The molecule has 254 valence electrons. The highest BCUT2D eigenvalue weighted by Gasteiger charge is 2.45. The zero-order valence-electron chi connectivity index (χ0n) is 28.2. The first-order valence-corrected chi connectivity index (χ1v) is 16.2. The molecule has 0 aromatic heterocycles. The highest BCUT2D eigenvalue weighted by atomic mass is 16.6. The number of hydrogen-bond acceptors (Lipinski definition) is 7. The summed E-state index contributed by atoms with van der Waals surface area (Å²) < 4.78 is 17.7. The van der Waals surface area contributed by atoms with Gasteiger partial charge in [0.1, 0.15) is 5.60 Å². The van der Waals surface area contributed by atoms with Crippen LogP contribution in [0, 0.1) is 0 Å². The minimum Gasteiger partial charge on any atom is -0.471 e. The molecule has 3 atom stereocenters. The van der Waals surface area contributed by atoms with E-state index < -0.39 is 53.8 Å². The summed E-state index contributed by atoms with van der Waals surface area (Å²) >= 11 is 0. The molecule has 0 aliphatic carbocycles. The van der Waals surface area contributed by atoms with E-state index in [1.165, 1.54) is 13.0 Å². The van der Waals surface area contributed by atoms with Crippen molar-refractivity contribution >= 4 is 23.9 Å². The Morgan fingerprint density at radius 2 is 1.40 bits per heavy atom. The Balaban J connectivity index is 1.70. The Kier molecular flexibility index (Phi) is 12.4. The van der Waals surface area contributed by atoms with Crippen LogP contribution < -0.4 is 10.6 Å². The number of carbonyl (C=O) groups is 4. The number of rotatable bonds is 12. The second-order valence-corrected chi connectivity index (χ2v) is 12.6. The van der Waals surface area contributed by atoms with Crippen molar-refractivity contribution in [3.63, 3.8) is 0 Å². The molecule has 0 spiro atoms. The van der Waals surface area contributed by atoms with E-state index in [0.29, 0.717) is 25.9 Å². The molecule has 2 N–H and O–H groups in total. The van der Waals surface area contributed by atoms with Crippen molar-refractivity contribution in [3.8, 4) is 0 Å². The average molecular weight is 656 g/mol. The number of ether oxygens (including phenoxy) is 3. The lowest BCUT2D eigenvalue weighted by Gasteiger charge is -2.39. The first kappa shape index (κ1) is 35.7. The summed E-state index contributed by atoms with van der Waals surface area (Å²) in [5.41, 5.74) is 1.69. The third-order valence-corrected chi connectivity index (χ3v) is 7.54. The SMILES string of the molecule is CCCN(CCc1ccccc1)C(=O)[C@@H]1OC(C(=O)OC(c2ccccc2)c2ccccc2)=C[C@H](NC(=O)OC(C)(C)C)[C@H]1NC(C)=O. The molecule has 3 aromatic carbocycles. The number of alkyl carbamates (subject to hydrolysis) is 1. The summed E-state index contributed by atoms with van der Waals surface area (Å²) in [5, 5.41) is 5.51. The predicted octanol–water partition coefficient (Wildman–Crippen LogP) is 5.48. The number of hydrogen-bond donors (Lipinski definition) is 2. The number of carbonyl (C=O) groups excluding carboxylic acids is 4. The van der Waals surface area contributed by atoms with E-state index in [0.717, 1.165) is 16.7 Å². The van der Waals surface area contributed by atoms with Gasteiger partial charge in [0.2, 0.25) is 11.7 Å². The Labute approximate surface area is 282 Å². The van der Waals surface area contributed by atoms with Crippen LogP contribution in [0.1, 0.15) is 63.8 Å². The lowest BCUT2D eigenvalue weighted by Crippen LogP contribution is -2.63. The van der Waals surface area contributed by atoms with E-state index >= 15 is 0 Å². The lowest BCUT2D eigenvalue weighted by atomic mass is 9.96. The minimum absolute atomic E-state index is 0.271. The van der Waals surface area contributed by atoms with Crippen LogP contribution in [0.5, 0.6) is 0 Å². The van der Waals surface area contributed by atoms with Crippen LogP contribution in [0.3, 0.4) is 0 Å². The third-order valence-electron chi connectivity index (χ3n) is 7.54.